The molecule has 0 fully saturated rings. The van der Waals surface area contributed by atoms with Gasteiger partial charge in [-0.1, -0.05) is 0 Å². The monoisotopic (exact) mass is 167 g/mol. The molecule has 0 unspecified atom stereocenters. The van der Waals surface area contributed by atoms with Gasteiger partial charge >= 0.3 is 0 Å². The van der Waals surface area contributed by atoms with Crippen LogP contribution in [0.25, 0.3) is 0 Å². The van der Waals surface area contributed by atoms with E-state index in [9.17, 15) is 4.79 Å². The maximum Gasteiger partial charge on any atom is 0.217 e. The molecular formula is C8H13N3O. The predicted octanol–water partition coefficient (Wildman–Crippen LogP) is 0.477. The van der Waals surface area contributed by atoms with Crippen LogP contribution in [-0.4, -0.2) is 21.9 Å². The highest BCUT2D eigenvalue weighted by atomic mass is 16.1. The molecule has 0 saturated carbocycles. The third kappa shape index (κ3) is 2.74. The van der Waals surface area contributed by atoms with Crippen LogP contribution in [0.15, 0.2) is 12.5 Å². The first-order chi connectivity index (χ1) is 5.68. The summed E-state index contributed by atoms with van der Waals surface area (Å²) in [5.74, 6) is 0.00187. The number of rotatable bonds is 3. The van der Waals surface area contributed by atoms with Gasteiger partial charge in [0.25, 0.3) is 0 Å². The summed E-state index contributed by atoms with van der Waals surface area (Å²) >= 11 is 0. The molecule has 0 bridgehead atoms. The molecule has 1 atom stereocenters. The Labute approximate surface area is 71.4 Å². The third-order valence-electron chi connectivity index (χ3n) is 1.53. The predicted molar refractivity (Wildman–Crippen MR) is 45.6 cm³/mol. The van der Waals surface area contributed by atoms with Gasteiger partial charge in [-0.15, -0.1) is 0 Å². The van der Waals surface area contributed by atoms with E-state index in [1.165, 1.54) is 6.92 Å². The van der Waals surface area contributed by atoms with Crippen LogP contribution in [0, 0.1) is 0 Å². The minimum atomic E-state index is 0.00187. The molecule has 0 aromatic carbocycles. The van der Waals surface area contributed by atoms with Crippen LogP contribution >= 0.6 is 0 Å². The van der Waals surface area contributed by atoms with Crippen LogP contribution in [0.1, 0.15) is 19.5 Å². The molecule has 0 spiro atoms. The van der Waals surface area contributed by atoms with Crippen molar-refractivity contribution in [3.63, 3.8) is 0 Å². The van der Waals surface area contributed by atoms with Gasteiger partial charge in [-0.3, -0.25) is 4.79 Å². The van der Waals surface area contributed by atoms with E-state index in [1.54, 1.807) is 12.5 Å². The fourth-order valence-corrected chi connectivity index (χ4v) is 1.12. The van der Waals surface area contributed by atoms with Gasteiger partial charge in [-0.25, -0.2) is 4.98 Å². The minimum absolute atomic E-state index is 0.00187. The number of nitrogens with one attached hydrogen (secondary N) is 2. The Balaban J connectivity index is 2.36. The fraction of sp³-hybridized carbons (Fsp3) is 0.500. The molecule has 1 aromatic rings. The number of carbonyl (C=O) groups is 1. The summed E-state index contributed by atoms with van der Waals surface area (Å²) < 4.78 is 0. The van der Waals surface area contributed by atoms with Gasteiger partial charge in [-0.05, 0) is 6.92 Å². The van der Waals surface area contributed by atoms with Crippen molar-refractivity contribution >= 4 is 5.91 Å². The first kappa shape index (κ1) is 8.77. The Kier molecular flexibility index (Phi) is 2.85. The molecule has 4 nitrogen and oxygen atoms in total. The van der Waals surface area contributed by atoms with Gasteiger partial charge in [0.1, 0.15) is 0 Å². The van der Waals surface area contributed by atoms with Crippen molar-refractivity contribution in [2.75, 3.05) is 0 Å². The summed E-state index contributed by atoms with van der Waals surface area (Å²) in [6.07, 6.45) is 4.19. The van der Waals surface area contributed by atoms with Crippen molar-refractivity contribution < 1.29 is 4.79 Å². The van der Waals surface area contributed by atoms with Crippen LogP contribution in [0.5, 0.6) is 0 Å². The van der Waals surface area contributed by atoms with Crippen molar-refractivity contribution in [1.82, 2.24) is 15.3 Å². The molecule has 1 heterocycles. The highest BCUT2D eigenvalue weighted by molar-refractivity contribution is 5.73. The first-order valence-electron chi connectivity index (χ1n) is 3.93. The average molecular weight is 167 g/mol. The molecule has 1 rings (SSSR count). The standard InChI is InChI=1S/C8H13N3O/c1-6(11-7(2)12)3-8-4-9-5-10-8/h4-6H,3H2,1-2H3,(H,9,10)(H,11,12)/t6-/m0/s1. The lowest BCUT2D eigenvalue weighted by atomic mass is 10.2. The molecule has 12 heavy (non-hydrogen) atoms. The summed E-state index contributed by atoms with van der Waals surface area (Å²) in [6, 6.07) is 0.156. The van der Waals surface area contributed by atoms with E-state index in [4.69, 9.17) is 0 Å². The summed E-state index contributed by atoms with van der Waals surface area (Å²) in [7, 11) is 0. The van der Waals surface area contributed by atoms with Crippen molar-refractivity contribution in [3.05, 3.63) is 18.2 Å². The van der Waals surface area contributed by atoms with Crippen LogP contribution in [-0.2, 0) is 11.2 Å². The molecule has 0 aliphatic heterocycles. The Morgan fingerprint density at radius 2 is 2.58 bits per heavy atom. The van der Waals surface area contributed by atoms with Crippen LogP contribution in [0.3, 0.4) is 0 Å². The first-order valence-corrected chi connectivity index (χ1v) is 3.93. The lowest BCUT2D eigenvalue weighted by Gasteiger charge is -2.10. The normalized spacial score (nSPS) is 12.5. The lowest BCUT2D eigenvalue weighted by Crippen LogP contribution is -2.32. The molecule has 2 N–H and O–H groups in total. The van der Waals surface area contributed by atoms with E-state index < -0.39 is 0 Å². The van der Waals surface area contributed by atoms with E-state index in [0.29, 0.717) is 0 Å². The number of aromatic amines is 1. The van der Waals surface area contributed by atoms with Crippen LogP contribution in [0.2, 0.25) is 0 Å². The Bertz CT molecular complexity index is 243. The number of imidazole rings is 1. The zero-order valence-corrected chi connectivity index (χ0v) is 7.29. The highest BCUT2D eigenvalue weighted by Gasteiger charge is 2.04. The molecule has 1 amide bonds. The molecule has 4 heteroatoms. The van der Waals surface area contributed by atoms with Gasteiger partial charge in [0.05, 0.1) is 6.33 Å². The molecule has 1 aromatic heterocycles. The molecule has 0 aliphatic carbocycles. The van der Waals surface area contributed by atoms with E-state index in [2.05, 4.69) is 15.3 Å². The van der Waals surface area contributed by atoms with Crippen molar-refractivity contribution in [2.45, 2.75) is 26.3 Å². The van der Waals surface area contributed by atoms with Gasteiger partial charge < -0.3 is 10.3 Å². The number of hydrogen-bond acceptors (Lipinski definition) is 2. The second-order valence-corrected chi connectivity index (χ2v) is 2.88. The zero-order valence-electron chi connectivity index (χ0n) is 7.29. The minimum Gasteiger partial charge on any atom is -0.354 e. The summed E-state index contributed by atoms with van der Waals surface area (Å²) in [5, 5.41) is 2.79. The molecule has 66 valence electrons. The quantitative estimate of drug-likeness (QED) is 0.687. The fourth-order valence-electron chi connectivity index (χ4n) is 1.12. The topological polar surface area (TPSA) is 57.8 Å². The molecule has 0 aliphatic rings. The van der Waals surface area contributed by atoms with Gasteiger partial charge in [-0.2, -0.15) is 0 Å². The van der Waals surface area contributed by atoms with Crippen molar-refractivity contribution in [1.29, 1.82) is 0 Å². The second-order valence-electron chi connectivity index (χ2n) is 2.88. The number of aromatic nitrogens is 2. The second kappa shape index (κ2) is 3.90. The summed E-state index contributed by atoms with van der Waals surface area (Å²) in [6.45, 7) is 3.48. The number of H-pyrrole nitrogens is 1. The zero-order chi connectivity index (χ0) is 8.97. The number of carbonyl (C=O) groups excluding carboxylic acids is 1. The maximum atomic E-state index is 10.6. The van der Waals surface area contributed by atoms with Gasteiger partial charge in [0.2, 0.25) is 5.91 Å². The maximum absolute atomic E-state index is 10.6. The van der Waals surface area contributed by atoms with Crippen molar-refractivity contribution in [3.8, 4) is 0 Å². The van der Waals surface area contributed by atoms with Gasteiger partial charge in [0, 0.05) is 31.3 Å². The Hall–Kier alpha value is -1.32. The largest absolute Gasteiger partial charge is 0.354 e. The summed E-state index contributed by atoms with van der Waals surface area (Å²) in [5.41, 5.74) is 1.04. The Morgan fingerprint density at radius 1 is 1.83 bits per heavy atom. The van der Waals surface area contributed by atoms with E-state index in [1.807, 2.05) is 6.92 Å². The smallest absolute Gasteiger partial charge is 0.217 e. The van der Waals surface area contributed by atoms with Crippen LogP contribution in [0.4, 0.5) is 0 Å². The van der Waals surface area contributed by atoms with Crippen molar-refractivity contribution in [2.24, 2.45) is 0 Å². The van der Waals surface area contributed by atoms with Gasteiger partial charge in [0.15, 0.2) is 0 Å². The Morgan fingerprint density at radius 3 is 3.08 bits per heavy atom. The number of amides is 1. The third-order valence-corrected chi connectivity index (χ3v) is 1.53. The number of nitrogens with zero attached hydrogens (tertiary/aromatic N) is 1. The van der Waals surface area contributed by atoms with Crippen LogP contribution < -0.4 is 5.32 Å². The average Bonchev–Trinajstić information content (AvgIpc) is 2.37. The summed E-state index contributed by atoms with van der Waals surface area (Å²) in [4.78, 5) is 17.5. The van der Waals surface area contributed by atoms with E-state index in [-0.39, 0.29) is 11.9 Å². The highest BCUT2D eigenvalue weighted by Crippen LogP contribution is 1.96. The molecular weight excluding hydrogens is 154 g/mol. The van der Waals surface area contributed by atoms with E-state index in [0.717, 1.165) is 12.1 Å². The molecule has 0 radical (unpaired) electrons. The SMILES string of the molecule is CC(=O)N[C@@H](C)Cc1cnc[nH]1. The lowest BCUT2D eigenvalue weighted by molar-refractivity contribution is -0.119. The number of hydrogen-bond donors (Lipinski definition) is 2. The van der Waals surface area contributed by atoms with E-state index >= 15 is 0 Å². The molecule has 0 saturated heterocycles.